The molecule has 19 heavy (non-hydrogen) atoms. The van der Waals surface area contributed by atoms with Gasteiger partial charge in [-0.1, -0.05) is 6.92 Å². The van der Waals surface area contributed by atoms with E-state index in [2.05, 4.69) is 0 Å². The summed E-state index contributed by atoms with van der Waals surface area (Å²) in [6.07, 6.45) is 1.000. The molecule has 1 aliphatic rings. The van der Waals surface area contributed by atoms with Crippen molar-refractivity contribution in [3.8, 4) is 0 Å². The van der Waals surface area contributed by atoms with Crippen LogP contribution in [0.15, 0.2) is 0 Å². The quantitative estimate of drug-likeness (QED) is 0.634. The SMILES string of the molecule is CCC(N)CC(=O)N1CCC(C(=O)O)C(C(=O)O)C1. The van der Waals surface area contributed by atoms with Crippen LogP contribution in [-0.4, -0.2) is 52.1 Å². The lowest BCUT2D eigenvalue weighted by molar-refractivity contribution is -0.159. The molecule has 1 rings (SSSR count). The molecule has 0 bridgehead atoms. The molecule has 0 radical (unpaired) electrons. The molecule has 0 spiro atoms. The Labute approximate surface area is 111 Å². The van der Waals surface area contributed by atoms with Gasteiger partial charge >= 0.3 is 11.9 Å². The van der Waals surface area contributed by atoms with E-state index in [1.165, 1.54) is 4.90 Å². The summed E-state index contributed by atoms with van der Waals surface area (Å²) in [6.45, 7) is 2.09. The number of nitrogens with two attached hydrogens (primary N) is 1. The third kappa shape index (κ3) is 3.92. The number of piperidine rings is 1. The Morgan fingerprint density at radius 1 is 1.26 bits per heavy atom. The van der Waals surface area contributed by atoms with Gasteiger partial charge in [-0.2, -0.15) is 0 Å². The molecule has 0 saturated carbocycles. The lowest BCUT2D eigenvalue weighted by atomic mass is 9.85. The van der Waals surface area contributed by atoms with Crippen molar-refractivity contribution in [1.29, 1.82) is 0 Å². The van der Waals surface area contributed by atoms with Gasteiger partial charge in [0.1, 0.15) is 0 Å². The molecule has 1 heterocycles. The van der Waals surface area contributed by atoms with Crippen molar-refractivity contribution < 1.29 is 24.6 Å². The summed E-state index contributed by atoms with van der Waals surface area (Å²) in [5, 5.41) is 18.0. The number of hydrogen-bond donors (Lipinski definition) is 3. The second kappa shape index (κ2) is 6.51. The van der Waals surface area contributed by atoms with Crippen LogP contribution in [0.1, 0.15) is 26.2 Å². The third-order valence-corrected chi connectivity index (χ3v) is 3.56. The number of nitrogens with zero attached hydrogens (tertiary/aromatic N) is 1. The van der Waals surface area contributed by atoms with E-state index in [4.69, 9.17) is 15.9 Å². The average Bonchev–Trinajstić information content (AvgIpc) is 2.37. The highest BCUT2D eigenvalue weighted by molar-refractivity contribution is 5.82. The molecular weight excluding hydrogens is 252 g/mol. The zero-order chi connectivity index (χ0) is 14.6. The number of rotatable bonds is 5. The van der Waals surface area contributed by atoms with Gasteiger partial charge in [0.15, 0.2) is 0 Å². The number of amides is 1. The van der Waals surface area contributed by atoms with Crippen molar-refractivity contribution in [3.63, 3.8) is 0 Å². The van der Waals surface area contributed by atoms with E-state index >= 15 is 0 Å². The van der Waals surface area contributed by atoms with Gasteiger partial charge in [0.05, 0.1) is 11.8 Å². The number of carboxylic acids is 2. The normalized spacial score (nSPS) is 24.8. The zero-order valence-corrected chi connectivity index (χ0v) is 10.9. The van der Waals surface area contributed by atoms with Gasteiger partial charge < -0.3 is 20.8 Å². The maximum absolute atomic E-state index is 11.9. The summed E-state index contributed by atoms with van der Waals surface area (Å²) in [7, 11) is 0. The van der Waals surface area contributed by atoms with Gasteiger partial charge in [-0.3, -0.25) is 14.4 Å². The van der Waals surface area contributed by atoms with Crippen molar-refractivity contribution in [2.24, 2.45) is 17.6 Å². The van der Waals surface area contributed by atoms with Crippen LogP contribution in [0.25, 0.3) is 0 Å². The predicted octanol–water partition coefficient (Wildman–Crippen LogP) is -0.252. The van der Waals surface area contributed by atoms with Gasteiger partial charge in [0, 0.05) is 25.6 Å². The molecule has 1 saturated heterocycles. The van der Waals surface area contributed by atoms with Gasteiger partial charge in [0.2, 0.25) is 5.91 Å². The fraction of sp³-hybridized carbons (Fsp3) is 0.750. The maximum atomic E-state index is 11.9. The van der Waals surface area contributed by atoms with Crippen LogP contribution in [-0.2, 0) is 14.4 Å². The van der Waals surface area contributed by atoms with E-state index in [0.29, 0.717) is 6.42 Å². The summed E-state index contributed by atoms with van der Waals surface area (Å²) in [5.74, 6) is -4.48. The highest BCUT2D eigenvalue weighted by Crippen LogP contribution is 2.25. The van der Waals surface area contributed by atoms with Crippen molar-refractivity contribution in [3.05, 3.63) is 0 Å². The fourth-order valence-electron chi connectivity index (χ4n) is 2.22. The third-order valence-electron chi connectivity index (χ3n) is 3.56. The van der Waals surface area contributed by atoms with E-state index in [9.17, 15) is 14.4 Å². The van der Waals surface area contributed by atoms with Crippen molar-refractivity contribution in [2.45, 2.75) is 32.2 Å². The minimum Gasteiger partial charge on any atom is -0.481 e. The van der Waals surface area contributed by atoms with Gasteiger partial charge in [-0.25, -0.2) is 0 Å². The van der Waals surface area contributed by atoms with Crippen LogP contribution >= 0.6 is 0 Å². The van der Waals surface area contributed by atoms with E-state index in [-0.39, 0.29) is 37.9 Å². The fourth-order valence-corrected chi connectivity index (χ4v) is 2.22. The summed E-state index contributed by atoms with van der Waals surface area (Å²) in [6, 6.07) is -0.243. The van der Waals surface area contributed by atoms with Crippen LogP contribution in [0.3, 0.4) is 0 Å². The number of carboxylic acid groups (broad SMARTS) is 2. The first-order valence-corrected chi connectivity index (χ1v) is 6.35. The zero-order valence-electron chi connectivity index (χ0n) is 10.9. The number of aliphatic carboxylic acids is 2. The van der Waals surface area contributed by atoms with E-state index in [1.54, 1.807) is 0 Å². The Bertz CT molecular complexity index is 371. The van der Waals surface area contributed by atoms with Crippen LogP contribution in [0.5, 0.6) is 0 Å². The lowest BCUT2D eigenvalue weighted by Crippen LogP contribution is -2.49. The first kappa shape index (κ1) is 15.4. The summed E-state index contributed by atoms with van der Waals surface area (Å²) in [4.78, 5) is 35.4. The van der Waals surface area contributed by atoms with Crippen LogP contribution in [0.2, 0.25) is 0 Å². The summed E-state index contributed by atoms with van der Waals surface area (Å²) < 4.78 is 0. The number of carbonyl (C=O) groups is 3. The van der Waals surface area contributed by atoms with Crippen molar-refractivity contribution in [2.75, 3.05) is 13.1 Å². The largest absolute Gasteiger partial charge is 0.481 e. The topological polar surface area (TPSA) is 121 Å². The molecule has 108 valence electrons. The standard InChI is InChI=1S/C12H20N2O5/c1-2-7(13)5-10(15)14-4-3-8(11(16)17)9(6-14)12(18)19/h7-9H,2-6,13H2,1H3,(H,16,17)(H,18,19). The number of hydrogen-bond acceptors (Lipinski definition) is 4. The minimum atomic E-state index is -1.18. The van der Waals surface area contributed by atoms with Crippen molar-refractivity contribution in [1.82, 2.24) is 4.90 Å². The highest BCUT2D eigenvalue weighted by atomic mass is 16.4. The molecule has 0 aromatic heterocycles. The van der Waals surface area contributed by atoms with Gasteiger partial charge in [-0.15, -0.1) is 0 Å². The van der Waals surface area contributed by atoms with Crippen molar-refractivity contribution >= 4 is 17.8 Å². The molecular formula is C12H20N2O5. The highest BCUT2D eigenvalue weighted by Gasteiger charge is 2.40. The average molecular weight is 272 g/mol. The molecule has 0 aliphatic carbocycles. The molecule has 7 heteroatoms. The Kier molecular flexibility index (Phi) is 5.29. The first-order valence-electron chi connectivity index (χ1n) is 6.35. The van der Waals surface area contributed by atoms with E-state index in [0.717, 1.165) is 0 Å². The van der Waals surface area contributed by atoms with Gasteiger partial charge in [0.25, 0.3) is 0 Å². The number of carbonyl (C=O) groups excluding carboxylic acids is 1. The molecule has 7 nitrogen and oxygen atoms in total. The second-order valence-electron chi connectivity index (χ2n) is 4.89. The van der Waals surface area contributed by atoms with Crippen LogP contribution in [0.4, 0.5) is 0 Å². The van der Waals surface area contributed by atoms with E-state index in [1.807, 2.05) is 6.92 Å². The molecule has 4 N–H and O–H groups in total. The number of likely N-dealkylation sites (tertiary alicyclic amines) is 1. The molecule has 1 amide bonds. The van der Waals surface area contributed by atoms with Crippen LogP contribution in [0, 0.1) is 11.8 Å². The molecule has 1 aliphatic heterocycles. The monoisotopic (exact) mass is 272 g/mol. The van der Waals surface area contributed by atoms with Gasteiger partial charge in [-0.05, 0) is 12.8 Å². The minimum absolute atomic E-state index is 0.0540. The Morgan fingerprint density at radius 3 is 2.32 bits per heavy atom. The summed E-state index contributed by atoms with van der Waals surface area (Å²) in [5.41, 5.74) is 5.69. The first-order chi connectivity index (χ1) is 8.86. The molecule has 3 unspecified atom stereocenters. The molecule has 0 aromatic rings. The lowest BCUT2D eigenvalue weighted by Gasteiger charge is -2.35. The second-order valence-corrected chi connectivity index (χ2v) is 4.89. The molecule has 3 atom stereocenters. The Hall–Kier alpha value is -1.63. The van der Waals surface area contributed by atoms with Crippen LogP contribution < -0.4 is 5.73 Å². The Morgan fingerprint density at radius 2 is 1.84 bits per heavy atom. The predicted molar refractivity (Wildman–Crippen MR) is 66.3 cm³/mol. The Balaban J connectivity index is 2.68. The molecule has 0 aromatic carbocycles. The molecule has 1 fully saturated rings. The smallest absolute Gasteiger partial charge is 0.309 e. The van der Waals surface area contributed by atoms with E-state index < -0.39 is 23.8 Å². The maximum Gasteiger partial charge on any atom is 0.309 e. The summed E-state index contributed by atoms with van der Waals surface area (Å²) >= 11 is 0.